The van der Waals surface area contributed by atoms with Crippen LogP contribution in [0, 0.1) is 6.92 Å². The molecule has 0 saturated carbocycles. The molecule has 0 bridgehead atoms. The molecule has 8 heteroatoms. The Morgan fingerprint density at radius 1 is 1.07 bits per heavy atom. The van der Waals surface area contributed by atoms with Gasteiger partial charge in [-0.3, -0.25) is 4.99 Å². The highest BCUT2D eigenvalue weighted by atomic mass is 32.2. The second-order valence-electron chi connectivity index (χ2n) is 6.68. The number of methoxy groups -OCH3 is 1. The lowest BCUT2D eigenvalue weighted by atomic mass is 10.1. The van der Waals surface area contributed by atoms with Crippen molar-refractivity contribution in [3.63, 3.8) is 0 Å². The van der Waals surface area contributed by atoms with Crippen LogP contribution in [-0.4, -0.2) is 41.1 Å². The smallest absolute Gasteiger partial charge is 0.238 e. The van der Waals surface area contributed by atoms with Crippen LogP contribution < -0.4 is 20.5 Å². The molecule has 7 nitrogen and oxygen atoms in total. The van der Waals surface area contributed by atoms with Crippen LogP contribution in [0.5, 0.6) is 5.75 Å². The van der Waals surface area contributed by atoms with Crippen LogP contribution in [-0.2, 0) is 22.9 Å². The Bertz CT molecular complexity index is 925. The first-order valence-electron chi connectivity index (χ1n) is 9.61. The minimum atomic E-state index is -3.66. The Balaban J connectivity index is 1.87. The van der Waals surface area contributed by atoms with Crippen molar-refractivity contribution in [3.8, 4) is 5.75 Å². The van der Waals surface area contributed by atoms with Crippen LogP contribution in [0.1, 0.15) is 23.6 Å². The fraction of sp³-hybridized carbons (Fsp3) is 0.381. The molecule has 0 aliphatic heterocycles. The zero-order chi connectivity index (χ0) is 21.3. The molecule has 0 aliphatic carbocycles. The molecule has 2 rings (SSSR count). The standard InChI is InChI=1S/C21H30N4O3S/c1-4-23-21(25-14-12-18-6-5-16(2)20(15-18)28-3)24-13-11-17-7-9-19(10-8-17)29(22,26)27/h5-10,15H,4,11-14H2,1-3H3,(H2,22,26,27)(H2,23,24,25). The fourth-order valence-corrected chi connectivity index (χ4v) is 3.34. The molecule has 0 heterocycles. The highest BCUT2D eigenvalue weighted by Crippen LogP contribution is 2.19. The van der Waals surface area contributed by atoms with E-state index in [4.69, 9.17) is 9.88 Å². The molecule has 0 amide bonds. The minimum absolute atomic E-state index is 0.118. The summed E-state index contributed by atoms with van der Waals surface area (Å²) in [5, 5.41) is 11.7. The van der Waals surface area contributed by atoms with Crippen LogP contribution in [0.4, 0.5) is 0 Å². The first-order valence-corrected chi connectivity index (χ1v) is 11.2. The maximum absolute atomic E-state index is 11.3. The molecule has 29 heavy (non-hydrogen) atoms. The Hall–Kier alpha value is -2.58. The van der Waals surface area contributed by atoms with E-state index >= 15 is 0 Å². The second kappa shape index (κ2) is 10.8. The summed E-state index contributed by atoms with van der Waals surface area (Å²) in [6, 6.07) is 12.8. The molecule has 0 radical (unpaired) electrons. The van der Waals surface area contributed by atoms with Gasteiger partial charge in [-0.15, -0.1) is 0 Å². The van der Waals surface area contributed by atoms with E-state index in [1.165, 1.54) is 17.7 Å². The van der Waals surface area contributed by atoms with Crippen LogP contribution in [0.3, 0.4) is 0 Å². The summed E-state index contributed by atoms with van der Waals surface area (Å²) in [4.78, 5) is 4.70. The number of sulfonamides is 1. The number of nitrogens with zero attached hydrogens (tertiary/aromatic N) is 1. The van der Waals surface area contributed by atoms with Crippen molar-refractivity contribution in [2.45, 2.75) is 31.6 Å². The molecule has 0 fully saturated rings. The molecule has 4 N–H and O–H groups in total. The number of guanidine groups is 1. The lowest BCUT2D eigenvalue weighted by Crippen LogP contribution is -2.38. The van der Waals surface area contributed by atoms with Gasteiger partial charge in [0.05, 0.1) is 12.0 Å². The van der Waals surface area contributed by atoms with E-state index in [0.717, 1.165) is 42.3 Å². The second-order valence-corrected chi connectivity index (χ2v) is 8.24. The molecular formula is C21H30N4O3S. The Labute approximate surface area is 173 Å². The molecule has 158 valence electrons. The van der Waals surface area contributed by atoms with Gasteiger partial charge in [-0.1, -0.05) is 24.3 Å². The lowest BCUT2D eigenvalue weighted by Gasteiger charge is -2.12. The molecule has 0 aromatic heterocycles. The molecular weight excluding hydrogens is 388 g/mol. The monoisotopic (exact) mass is 418 g/mol. The van der Waals surface area contributed by atoms with Crippen LogP contribution in [0.15, 0.2) is 52.4 Å². The molecule has 2 aromatic carbocycles. The van der Waals surface area contributed by atoms with Crippen molar-refractivity contribution in [1.82, 2.24) is 10.6 Å². The van der Waals surface area contributed by atoms with Crippen molar-refractivity contribution in [2.24, 2.45) is 10.1 Å². The average Bonchev–Trinajstić information content (AvgIpc) is 2.69. The molecule has 0 spiro atoms. The number of nitrogens with two attached hydrogens (primary N) is 1. The summed E-state index contributed by atoms with van der Waals surface area (Å²) in [5.74, 6) is 1.66. The van der Waals surface area contributed by atoms with Gasteiger partial charge in [0.25, 0.3) is 0 Å². The molecule has 0 saturated heterocycles. The number of primary sulfonamides is 1. The third-order valence-corrected chi connectivity index (χ3v) is 5.37. The number of ether oxygens (including phenoxy) is 1. The van der Waals surface area contributed by atoms with E-state index in [9.17, 15) is 8.42 Å². The van der Waals surface area contributed by atoms with Gasteiger partial charge < -0.3 is 15.4 Å². The van der Waals surface area contributed by atoms with E-state index in [0.29, 0.717) is 13.0 Å². The van der Waals surface area contributed by atoms with Gasteiger partial charge in [0.2, 0.25) is 10.0 Å². The summed E-state index contributed by atoms with van der Waals surface area (Å²) < 4.78 is 28.0. The highest BCUT2D eigenvalue weighted by molar-refractivity contribution is 7.89. The van der Waals surface area contributed by atoms with Crippen molar-refractivity contribution < 1.29 is 13.2 Å². The number of hydrogen-bond acceptors (Lipinski definition) is 4. The number of rotatable bonds is 9. The molecule has 0 atom stereocenters. The Morgan fingerprint density at radius 3 is 2.38 bits per heavy atom. The van der Waals surface area contributed by atoms with E-state index < -0.39 is 10.0 Å². The predicted molar refractivity (Wildman–Crippen MR) is 117 cm³/mol. The largest absolute Gasteiger partial charge is 0.496 e. The van der Waals surface area contributed by atoms with Crippen LogP contribution in [0.2, 0.25) is 0 Å². The predicted octanol–water partition coefficient (Wildman–Crippen LogP) is 1.99. The topological polar surface area (TPSA) is 106 Å². The third-order valence-electron chi connectivity index (χ3n) is 4.45. The lowest BCUT2D eigenvalue weighted by molar-refractivity contribution is 0.411. The average molecular weight is 419 g/mol. The minimum Gasteiger partial charge on any atom is -0.496 e. The summed E-state index contributed by atoms with van der Waals surface area (Å²) in [5.41, 5.74) is 3.32. The van der Waals surface area contributed by atoms with Gasteiger partial charge in [-0.25, -0.2) is 13.6 Å². The Kier molecular flexibility index (Phi) is 8.48. The molecule has 0 aliphatic rings. The van der Waals surface area contributed by atoms with E-state index in [1.807, 2.05) is 13.8 Å². The summed E-state index contributed by atoms with van der Waals surface area (Å²) in [6.07, 6.45) is 1.56. The van der Waals surface area contributed by atoms with Gasteiger partial charge in [-0.2, -0.15) is 0 Å². The number of benzene rings is 2. The summed E-state index contributed by atoms with van der Waals surface area (Å²) in [6.45, 7) is 6.16. The molecule has 2 aromatic rings. The first-order chi connectivity index (χ1) is 13.8. The quantitative estimate of drug-likeness (QED) is 0.427. The van der Waals surface area contributed by atoms with E-state index in [-0.39, 0.29) is 4.90 Å². The van der Waals surface area contributed by atoms with Gasteiger partial charge >= 0.3 is 0 Å². The Morgan fingerprint density at radius 2 is 1.76 bits per heavy atom. The maximum Gasteiger partial charge on any atom is 0.238 e. The first kappa shape index (κ1) is 22.7. The fourth-order valence-electron chi connectivity index (χ4n) is 2.83. The van der Waals surface area contributed by atoms with Gasteiger partial charge in [0.15, 0.2) is 5.96 Å². The van der Waals surface area contributed by atoms with Crippen molar-refractivity contribution in [3.05, 3.63) is 59.2 Å². The van der Waals surface area contributed by atoms with Crippen LogP contribution >= 0.6 is 0 Å². The van der Waals surface area contributed by atoms with Gasteiger partial charge in [-0.05, 0) is 61.6 Å². The van der Waals surface area contributed by atoms with Crippen molar-refractivity contribution in [2.75, 3.05) is 26.7 Å². The number of nitrogens with one attached hydrogen (secondary N) is 2. The number of aryl methyl sites for hydroxylation is 1. The number of aliphatic imine (C=N–C) groups is 1. The summed E-state index contributed by atoms with van der Waals surface area (Å²) in [7, 11) is -1.97. The number of hydrogen-bond donors (Lipinski definition) is 3. The van der Waals surface area contributed by atoms with Gasteiger partial charge in [0, 0.05) is 19.6 Å². The third kappa shape index (κ3) is 7.40. The van der Waals surface area contributed by atoms with Crippen molar-refractivity contribution >= 4 is 16.0 Å². The zero-order valence-corrected chi connectivity index (χ0v) is 18.1. The summed E-state index contributed by atoms with van der Waals surface area (Å²) >= 11 is 0. The maximum atomic E-state index is 11.3. The normalized spacial score (nSPS) is 11.9. The van der Waals surface area contributed by atoms with Crippen LogP contribution in [0.25, 0.3) is 0 Å². The van der Waals surface area contributed by atoms with E-state index in [2.05, 4.69) is 33.8 Å². The zero-order valence-electron chi connectivity index (χ0n) is 17.2. The van der Waals surface area contributed by atoms with Gasteiger partial charge in [0.1, 0.15) is 5.75 Å². The van der Waals surface area contributed by atoms with Crippen molar-refractivity contribution in [1.29, 1.82) is 0 Å². The molecule has 0 unspecified atom stereocenters. The SMILES string of the molecule is CCNC(=NCCc1ccc(S(N)(=O)=O)cc1)NCCc1ccc(C)c(OC)c1. The highest BCUT2D eigenvalue weighted by Gasteiger charge is 2.06. The van der Waals surface area contributed by atoms with E-state index in [1.54, 1.807) is 19.2 Å².